The summed E-state index contributed by atoms with van der Waals surface area (Å²) >= 11 is 0. The smallest absolute Gasteiger partial charge is 0.245 e. The zero-order valence-electron chi connectivity index (χ0n) is 42.0. The van der Waals surface area contributed by atoms with Gasteiger partial charge in [0.2, 0.25) is 35.4 Å². The molecule has 0 radical (unpaired) electrons. The number of ether oxygens (including phenoxy) is 1. The molecule has 4 aromatic rings. The van der Waals surface area contributed by atoms with Crippen LogP contribution in [0.5, 0.6) is 0 Å². The summed E-state index contributed by atoms with van der Waals surface area (Å²) in [6, 6.07) is 18.8. The van der Waals surface area contributed by atoms with Crippen LogP contribution in [0.2, 0.25) is 0 Å². The number of hydrogen-bond acceptors (Lipinski definition) is 9. The van der Waals surface area contributed by atoms with E-state index in [-0.39, 0.29) is 45.1 Å². The van der Waals surface area contributed by atoms with Crippen LogP contribution in [-0.4, -0.2) is 111 Å². The van der Waals surface area contributed by atoms with Gasteiger partial charge < -0.3 is 56.4 Å². The van der Waals surface area contributed by atoms with E-state index in [0.717, 1.165) is 22.0 Å². The van der Waals surface area contributed by atoms with Crippen LogP contribution in [0, 0.1) is 5.92 Å². The Morgan fingerprint density at radius 2 is 1.15 bits per heavy atom. The van der Waals surface area contributed by atoms with Crippen molar-refractivity contribution in [1.29, 1.82) is 0 Å². The third-order valence-electron chi connectivity index (χ3n) is 13.1. The van der Waals surface area contributed by atoms with Gasteiger partial charge in [-0.3, -0.25) is 28.8 Å². The molecule has 0 spiro atoms. The maximum absolute atomic E-state index is 14.9. The number of H-pyrrole nitrogens is 1. The predicted molar refractivity (Wildman–Crippen MR) is 267 cm³/mol. The van der Waals surface area contributed by atoms with Crippen molar-refractivity contribution >= 4 is 52.4 Å². The number of carbonyl (C=O) groups excluding carboxylic acids is 7. The summed E-state index contributed by atoms with van der Waals surface area (Å²) in [6.45, 7) is 12.3. The van der Waals surface area contributed by atoms with Crippen LogP contribution in [0.4, 0.5) is 4.79 Å². The monoisotopic (exact) mass is 976 g/mol. The Morgan fingerprint density at radius 1 is 0.634 bits per heavy atom. The first-order chi connectivity index (χ1) is 33.7. The number of amides is 7. The number of fused-ring (bicyclic) bond motifs is 2. The van der Waals surface area contributed by atoms with Crippen molar-refractivity contribution in [3.05, 3.63) is 108 Å². The molecule has 17 nitrogen and oxygen atoms in total. The molecule has 0 bridgehead atoms. The highest BCUT2D eigenvalue weighted by molar-refractivity contribution is 5.98. The summed E-state index contributed by atoms with van der Waals surface area (Å²) in [6.07, 6.45) is 1.60. The van der Waals surface area contributed by atoms with E-state index in [9.17, 15) is 38.7 Å². The Kier molecular flexibility index (Phi) is 18.0. The fourth-order valence-electron chi connectivity index (χ4n) is 9.53. The second-order valence-electron chi connectivity index (χ2n) is 20.8. The van der Waals surface area contributed by atoms with E-state index in [2.05, 4.69) is 36.9 Å². The van der Waals surface area contributed by atoms with Gasteiger partial charge in [0.05, 0.1) is 17.6 Å². The summed E-state index contributed by atoms with van der Waals surface area (Å²) in [7, 11) is 0. The lowest BCUT2D eigenvalue weighted by Gasteiger charge is -2.38. The number of para-hydroxylation sites is 1. The van der Waals surface area contributed by atoms with E-state index in [4.69, 9.17) is 4.74 Å². The molecule has 1 aromatic heterocycles. The summed E-state index contributed by atoms with van der Waals surface area (Å²) in [4.78, 5) is 105. The maximum Gasteiger partial charge on any atom is 0.245 e. The van der Waals surface area contributed by atoms with Gasteiger partial charge in [-0.25, -0.2) is 0 Å². The van der Waals surface area contributed by atoms with Crippen LogP contribution in [0.3, 0.4) is 0 Å². The summed E-state index contributed by atoms with van der Waals surface area (Å²) < 4.78 is 6.28. The van der Waals surface area contributed by atoms with Crippen LogP contribution in [-0.2, 0) is 52.8 Å². The van der Waals surface area contributed by atoms with Gasteiger partial charge in [-0.2, -0.15) is 0 Å². The number of unbranched alkanes of at least 4 members (excludes halogenated alkanes) is 1. The van der Waals surface area contributed by atoms with Crippen molar-refractivity contribution in [2.45, 2.75) is 160 Å². The van der Waals surface area contributed by atoms with Gasteiger partial charge in [0.25, 0.3) is 0 Å². The van der Waals surface area contributed by atoms with Gasteiger partial charge in [0, 0.05) is 54.5 Å². The molecule has 2 heterocycles. The van der Waals surface area contributed by atoms with E-state index < -0.39 is 101 Å². The lowest BCUT2D eigenvalue weighted by molar-refractivity contribution is -0.270. The predicted octanol–water partition coefficient (Wildman–Crippen LogP) is 3.74. The van der Waals surface area contributed by atoms with Crippen LogP contribution in [0.25, 0.3) is 10.9 Å². The Hall–Kier alpha value is -6.75. The van der Waals surface area contributed by atoms with Gasteiger partial charge in [-0.05, 0) is 103 Å². The van der Waals surface area contributed by atoms with Gasteiger partial charge in [-0.15, -0.1) is 0 Å². The number of hydrogen-bond donors (Lipinski definition) is 7. The second kappa shape index (κ2) is 23.9. The highest BCUT2D eigenvalue weighted by Crippen LogP contribution is 2.27. The highest BCUT2D eigenvalue weighted by atomic mass is 16.5. The Labute approximate surface area is 416 Å². The molecule has 6 unspecified atom stereocenters. The third-order valence-corrected chi connectivity index (χ3v) is 13.1. The number of carboxylic acid groups (broad SMARTS) is 1. The average molecular weight is 976 g/mol. The molecule has 7 amide bonds. The zero-order valence-corrected chi connectivity index (χ0v) is 42.0. The zero-order chi connectivity index (χ0) is 51.5. The largest absolute Gasteiger partial charge is 0.530 e. The normalized spacial score (nSPS) is 23.6. The summed E-state index contributed by atoms with van der Waals surface area (Å²) in [5, 5.41) is 30.5. The number of carbonyl (C=O) groups is 7. The molecule has 1 aliphatic heterocycles. The first-order valence-electron chi connectivity index (χ1n) is 24.8. The molecule has 2 fully saturated rings. The van der Waals surface area contributed by atoms with E-state index in [1.807, 2.05) is 84.9 Å². The van der Waals surface area contributed by atoms with Crippen molar-refractivity contribution in [3.8, 4) is 0 Å². The van der Waals surface area contributed by atoms with E-state index >= 15 is 0 Å². The SMILES string of the molecule is CC(OC(C)(C)C)C1NC(=O)C(CCCCN(C(=O)[O-])C(C)(C)C)NC(=O)C(Cc2c[nH]c3ccccc23)NC(=O)C(Cc2ccccc2)NC(=O)[C@H]2CCC[C@H]2NC(=O)C(Cc2ccccc2)NC1=O. The highest BCUT2D eigenvalue weighted by Gasteiger charge is 2.40. The number of aromatic nitrogens is 1. The fraction of sp³-hybridized carbons (Fsp3) is 0.500. The molecule has 17 heteroatoms. The standard InChI is InChI=1S/C54H72N8O9/c1-33(71-54(5,6)7)45-51(68)60-43(30-35-21-12-9-13-22-35)48(65)56-40-27-18-24-38(40)46(63)58-42(29-34-19-10-8-11-20-34)49(66)59-44(31-36-32-55-39-25-15-14-23-37(36)39)50(67)57-41(47(64)61-45)26-16-17-28-62(52(69)70)53(2,3)4/h8-15,19-23,25,32-33,38,40-45,55H,16-18,24,26-31H2,1-7H3,(H,56,65)(H,57,67)(H,58,63)(H,59,66)(H,60,68)(H,61,64)(H,69,70)/p-1/t33?,38-,40+,41?,42?,43?,44?,45?/m0/s1. The van der Waals surface area contributed by atoms with E-state index in [1.54, 1.807) is 54.7 Å². The molecule has 1 saturated carbocycles. The summed E-state index contributed by atoms with van der Waals surface area (Å²) in [5.41, 5.74) is 1.44. The molecular weight excluding hydrogens is 905 g/mol. The van der Waals surface area contributed by atoms with Gasteiger partial charge in [-0.1, -0.05) is 85.3 Å². The molecule has 3 aromatic carbocycles. The lowest BCUT2D eigenvalue weighted by atomic mass is 9.98. The lowest BCUT2D eigenvalue weighted by Crippen LogP contribution is -2.62. The number of rotatable bonds is 13. The van der Waals surface area contributed by atoms with Crippen LogP contribution in [0.1, 0.15) is 104 Å². The average Bonchev–Trinajstić information content (AvgIpc) is 3.95. The van der Waals surface area contributed by atoms with Gasteiger partial charge in [0.15, 0.2) is 0 Å². The van der Waals surface area contributed by atoms with Gasteiger partial charge in [0.1, 0.15) is 36.3 Å². The van der Waals surface area contributed by atoms with Crippen LogP contribution in [0.15, 0.2) is 91.1 Å². The van der Waals surface area contributed by atoms with Crippen molar-refractivity contribution in [3.63, 3.8) is 0 Å². The van der Waals surface area contributed by atoms with Crippen molar-refractivity contribution in [2.24, 2.45) is 5.92 Å². The fourth-order valence-corrected chi connectivity index (χ4v) is 9.53. The number of nitrogens with one attached hydrogen (secondary N) is 7. The molecule has 8 atom stereocenters. The quantitative estimate of drug-likeness (QED) is 0.0965. The minimum atomic E-state index is -1.39. The molecule has 71 heavy (non-hydrogen) atoms. The first kappa shape index (κ1) is 53.6. The van der Waals surface area contributed by atoms with Crippen molar-refractivity contribution in [1.82, 2.24) is 41.8 Å². The Balaban J connectivity index is 1.42. The molecular formula is C54H71N8O9-. The van der Waals surface area contributed by atoms with E-state index in [0.29, 0.717) is 24.8 Å². The second-order valence-corrected chi connectivity index (χ2v) is 20.8. The number of benzene rings is 3. The molecule has 7 N–H and O–H groups in total. The van der Waals surface area contributed by atoms with Crippen LogP contribution >= 0.6 is 0 Å². The minimum Gasteiger partial charge on any atom is -0.530 e. The molecule has 1 aliphatic carbocycles. The van der Waals surface area contributed by atoms with Crippen LogP contribution < -0.4 is 37.0 Å². The summed E-state index contributed by atoms with van der Waals surface area (Å²) in [5.74, 6) is -4.55. The Morgan fingerprint density at radius 3 is 1.75 bits per heavy atom. The molecule has 2 aliphatic rings. The topological polar surface area (TPSA) is 243 Å². The molecule has 382 valence electrons. The molecule has 6 rings (SSSR count). The molecule has 1 saturated heterocycles. The minimum absolute atomic E-state index is 0.00624. The first-order valence-corrected chi connectivity index (χ1v) is 24.8. The van der Waals surface area contributed by atoms with Crippen molar-refractivity contribution < 1.29 is 43.4 Å². The van der Waals surface area contributed by atoms with E-state index in [1.165, 1.54) is 4.90 Å². The Bertz CT molecular complexity index is 2480. The third kappa shape index (κ3) is 15.1. The number of aromatic amines is 1. The van der Waals surface area contributed by atoms with Gasteiger partial charge >= 0.3 is 0 Å². The number of nitrogens with zero attached hydrogens (tertiary/aromatic N) is 1. The maximum atomic E-state index is 14.9. The van der Waals surface area contributed by atoms with Crippen molar-refractivity contribution in [2.75, 3.05) is 6.54 Å².